The standard InChI is InChI=1S/C23H24NO2P/c1-2-19(18-25)23(20-12-6-3-7-13-20)24-27(26,21-14-8-4-9-15-21)22-16-10-5-11-17-22/h2-17,19,23,25H,1,18H2,(H,24,26). The van der Waals surface area contributed by atoms with Gasteiger partial charge in [0.1, 0.15) is 0 Å². The van der Waals surface area contributed by atoms with E-state index in [2.05, 4.69) is 11.7 Å². The Bertz CT molecular complexity index is 854. The molecule has 0 spiro atoms. The van der Waals surface area contributed by atoms with Gasteiger partial charge >= 0.3 is 0 Å². The molecule has 0 heterocycles. The third-order valence-corrected chi connectivity index (χ3v) is 7.35. The van der Waals surface area contributed by atoms with E-state index in [1.807, 2.05) is 91.0 Å². The second kappa shape index (κ2) is 8.96. The molecule has 2 atom stereocenters. The van der Waals surface area contributed by atoms with Crippen molar-refractivity contribution < 1.29 is 9.67 Å². The minimum absolute atomic E-state index is 0.0837. The molecule has 27 heavy (non-hydrogen) atoms. The molecule has 0 aliphatic carbocycles. The van der Waals surface area contributed by atoms with Gasteiger partial charge in [0.15, 0.2) is 0 Å². The zero-order valence-electron chi connectivity index (χ0n) is 15.1. The molecular weight excluding hydrogens is 353 g/mol. The Morgan fingerprint density at radius 3 is 1.70 bits per heavy atom. The molecule has 2 unspecified atom stereocenters. The Morgan fingerprint density at radius 1 is 0.852 bits per heavy atom. The number of benzene rings is 3. The first-order chi connectivity index (χ1) is 13.2. The third kappa shape index (κ3) is 4.28. The maximum atomic E-state index is 14.3. The molecule has 2 N–H and O–H groups in total. The summed E-state index contributed by atoms with van der Waals surface area (Å²) in [5, 5.41) is 14.8. The van der Waals surface area contributed by atoms with Crippen LogP contribution >= 0.6 is 7.29 Å². The van der Waals surface area contributed by atoms with Crippen LogP contribution in [-0.4, -0.2) is 11.7 Å². The molecule has 3 aromatic carbocycles. The molecule has 0 amide bonds. The van der Waals surface area contributed by atoms with Gasteiger partial charge in [-0.2, -0.15) is 0 Å². The summed E-state index contributed by atoms with van der Waals surface area (Å²) in [6, 6.07) is 28.3. The summed E-state index contributed by atoms with van der Waals surface area (Å²) in [7, 11) is -3.13. The van der Waals surface area contributed by atoms with Crippen molar-refractivity contribution in [3.8, 4) is 0 Å². The minimum Gasteiger partial charge on any atom is -0.396 e. The minimum atomic E-state index is -3.13. The lowest BCUT2D eigenvalue weighted by molar-refractivity contribution is 0.229. The van der Waals surface area contributed by atoms with E-state index in [-0.39, 0.29) is 18.6 Å². The van der Waals surface area contributed by atoms with Crippen molar-refractivity contribution >= 4 is 17.9 Å². The van der Waals surface area contributed by atoms with Crippen LogP contribution in [0.1, 0.15) is 11.6 Å². The predicted octanol–water partition coefficient (Wildman–Crippen LogP) is 4.04. The lowest BCUT2D eigenvalue weighted by atomic mass is 9.95. The average Bonchev–Trinajstić information content (AvgIpc) is 2.75. The van der Waals surface area contributed by atoms with Crippen molar-refractivity contribution in [3.05, 3.63) is 109 Å². The molecule has 0 aliphatic rings. The van der Waals surface area contributed by atoms with Gasteiger partial charge < -0.3 is 5.11 Å². The second-order valence-corrected chi connectivity index (χ2v) is 8.89. The van der Waals surface area contributed by atoms with E-state index in [4.69, 9.17) is 0 Å². The zero-order valence-corrected chi connectivity index (χ0v) is 16.0. The predicted molar refractivity (Wildman–Crippen MR) is 113 cm³/mol. The summed E-state index contributed by atoms with van der Waals surface area (Å²) in [4.78, 5) is 0. The molecule has 3 nitrogen and oxygen atoms in total. The molecule has 3 rings (SSSR count). The molecule has 0 aromatic heterocycles. The first-order valence-electron chi connectivity index (χ1n) is 8.96. The molecule has 0 saturated heterocycles. The Hall–Kier alpha value is -2.45. The van der Waals surface area contributed by atoms with Crippen LogP contribution in [0.15, 0.2) is 104 Å². The monoisotopic (exact) mass is 377 g/mol. The average molecular weight is 377 g/mol. The Morgan fingerprint density at radius 2 is 1.30 bits per heavy atom. The van der Waals surface area contributed by atoms with Crippen molar-refractivity contribution in [3.63, 3.8) is 0 Å². The highest BCUT2D eigenvalue weighted by Gasteiger charge is 2.33. The number of aliphatic hydroxyl groups is 1. The highest BCUT2D eigenvalue weighted by molar-refractivity contribution is 7.76. The smallest absolute Gasteiger partial charge is 0.205 e. The topological polar surface area (TPSA) is 49.3 Å². The third-order valence-electron chi connectivity index (χ3n) is 4.66. The summed E-state index contributed by atoms with van der Waals surface area (Å²) < 4.78 is 14.3. The van der Waals surface area contributed by atoms with Gasteiger partial charge in [0, 0.05) is 22.6 Å². The summed E-state index contributed by atoms with van der Waals surface area (Å²) in [6.45, 7) is 3.78. The fourth-order valence-corrected chi connectivity index (χ4v) is 5.68. The molecule has 138 valence electrons. The zero-order chi connectivity index (χ0) is 19.1. The number of rotatable bonds is 8. The molecule has 0 aliphatic heterocycles. The van der Waals surface area contributed by atoms with Crippen molar-refractivity contribution in [1.82, 2.24) is 5.09 Å². The van der Waals surface area contributed by atoms with Crippen LogP contribution in [0.2, 0.25) is 0 Å². The largest absolute Gasteiger partial charge is 0.396 e. The molecule has 3 aromatic rings. The van der Waals surface area contributed by atoms with Crippen LogP contribution in [-0.2, 0) is 4.57 Å². The van der Waals surface area contributed by atoms with Gasteiger partial charge in [-0.25, -0.2) is 0 Å². The number of hydrogen-bond acceptors (Lipinski definition) is 2. The second-order valence-electron chi connectivity index (χ2n) is 6.38. The van der Waals surface area contributed by atoms with Crippen LogP contribution in [0.3, 0.4) is 0 Å². The molecular formula is C23H24NO2P. The van der Waals surface area contributed by atoms with Gasteiger partial charge in [-0.3, -0.25) is 9.65 Å². The van der Waals surface area contributed by atoms with Gasteiger partial charge in [-0.05, 0) is 29.8 Å². The summed E-state index contributed by atoms with van der Waals surface area (Å²) in [5.41, 5.74) is 0.962. The first-order valence-corrected chi connectivity index (χ1v) is 10.7. The highest BCUT2D eigenvalue weighted by Crippen LogP contribution is 2.43. The van der Waals surface area contributed by atoms with E-state index < -0.39 is 7.29 Å². The van der Waals surface area contributed by atoms with Gasteiger partial charge in [0.05, 0.1) is 6.61 Å². The van der Waals surface area contributed by atoms with Crippen molar-refractivity contribution in [2.45, 2.75) is 6.04 Å². The Labute approximate surface area is 160 Å². The van der Waals surface area contributed by atoms with E-state index in [1.54, 1.807) is 6.08 Å². The summed E-state index contributed by atoms with van der Waals surface area (Å²) in [6.07, 6.45) is 1.71. The fourth-order valence-electron chi connectivity index (χ4n) is 3.16. The summed E-state index contributed by atoms with van der Waals surface area (Å²) in [5.74, 6) is -0.270. The quantitative estimate of drug-likeness (QED) is 0.460. The molecule has 0 fully saturated rings. The van der Waals surface area contributed by atoms with E-state index in [9.17, 15) is 9.67 Å². The van der Waals surface area contributed by atoms with E-state index in [0.717, 1.165) is 16.2 Å². The van der Waals surface area contributed by atoms with Crippen LogP contribution < -0.4 is 15.7 Å². The maximum absolute atomic E-state index is 14.3. The van der Waals surface area contributed by atoms with E-state index >= 15 is 0 Å². The Balaban J connectivity index is 2.11. The first kappa shape index (κ1) is 19.3. The number of nitrogens with one attached hydrogen (secondary N) is 1. The van der Waals surface area contributed by atoms with E-state index in [1.165, 1.54) is 0 Å². The van der Waals surface area contributed by atoms with Gasteiger partial charge in [-0.1, -0.05) is 72.8 Å². The van der Waals surface area contributed by atoms with Gasteiger partial charge in [0.25, 0.3) is 0 Å². The van der Waals surface area contributed by atoms with E-state index in [0.29, 0.717) is 0 Å². The molecule has 4 heteroatoms. The van der Waals surface area contributed by atoms with Crippen LogP contribution in [0.4, 0.5) is 0 Å². The molecule has 0 radical (unpaired) electrons. The lowest BCUT2D eigenvalue weighted by Gasteiger charge is -2.30. The molecule has 0 bridgehead atoms. The van der Waals surface area contributed by atoms with Gasteiger partial charge in [-0.15, -0.1) is 6.58 Å². The fraction of sp³-hybridized carbons (Fsp3) is 0.130. The van der Waals surface area contributed by atoms with Crippen LogP contribution in [0.25, 0.3) is 0 Å². The number of hydrogen-bond donors (Lipinski definition) is 2. The SMILES string of the molecule is C=CC(CO)C(NP(=O)(c1ccccc1)c1ccccc1)c1ccccc1. The Kier molecular flexibility index (Phi) is 6.41. The molecule has 0 saturated carbocycles. The van der Waals surface area contributed by atoms with Crippen LogP contribution in [0.5, 0.6) is 0 Å². The maximum Gasteiger partial charge on any atom is 0.205 e. The normalized spacial score (nSPS) is 13.7. The van der Waals surface area contributed by atoms with Gasteiger partial charge in [0.2, 0.25) is 7.29 Å². The highest BCUT2D eigenvalue weighted by atomic mass is 31.2. The van der Waals surface area contributed by atoms with Crippen molar-refractivity contribution in [2.24, 2.45) is 5.92 Å². The van der Waals surface area contributed by atoms with Crippen molar-refractivity contribution in [2.75, 3.05) is 6.61 Å². The van der Waals surface area contributed by atoms with Crippen molar-refractivity contribution in [1.29, 1.82) is 0 Å². The summed E-state index contributed by atoms with van der Waals surface area (Å²) >= 11 is 0. The number of aliphatic hydroxyl groups excluding tert-OH is 1. The van der Waals surface area contributed by atoms with Crippen LogP contribution in [0, 0.1) is 5.92 Å². The lowest BCUT2D eigenvalue weighted by Crippen LogP contribution is -2.34.